The smallest absolute Gasteiger partial charge is 0.161 e. The molecule has 1 aliphatic heterocycles. The minimum absolute atomic E-state index is 0.0403. The van der Waals surface area contributed by atoms with Crippen LogP contribution in [0.15, 0.2) is 18.2 Å². The molecule has 0 radical (unpaired) electrons. The van der Waals surface area contributed by atoms with Gasteiger partial charge in [-0.2, -0.15) is 0 Å². The molecule has 4 nitrogen and oxygen atoms in total. The number of aliphatic hydroxyl groups excluding tert-OH is 1. The van der Waals surface area contributed by atoms with E-state index in [1.807, 2.05) is 25.2 Å². The Morgan fingerprint density at radius 2 is 1.94 bits per heavy atom. The zero-order chi connectivity index (χ0) is 13.1. The van der Waals surface area contributed by atoms with Gasteiger partial charge in [0, 0.05) is 0 Å². The minimum atomic E-state index is -0.318. The summed E-state index contributed by atoms with van der Waals surface area (Å²) in [7, 11) is 5.30. The van der Waals surface area contributed by atoms with Gasteiger partial charge in [-0.1, -0.05) is 6.07 Å². The average Bonchev–Trinajstić information content (AvgIpc) is 2.38. The van der Waals surface area contributed by atoms with Gasteiger partial charge in [0.15, 0.2) is 11.5 Å². The number of hydrogen-bond donors (Lipinski definition) is 1. The van der Waals surface area contributed by atoms with E-state index in [1.54, 1.807) is 14.2 Å². The fourth-order valence-electron chi connectivity index (χ4n) is 2.65. The second-order valence-electron chi connectivity index (χ2n) is 4.75. The van der Waals surface area contributed by atoms with Crippen molar-refractivity contribution in [2.75, 3.05) is 27.8 Å². The first-order valence-electron chi connectivity index (χ1n) is 6.27. The van der Waals surface area contributed by atoms with Gasteiger partial charge in [0.25, 0.3) is 0 Å². The van der Waals surface area contributed by atoms with Crippen molar-refractivity contribution in [3.8, 4) is 11.5 Å². The lowest BCUT2D eigenvalue weighted by Gasteiger charge is -2.37. The van der Waals surface area contributed by atoms with Crippen molar-refractivity contribution in [2.45, 2.75) is 25.0 Å². The number of ether oxygens (including phenoxy) is 2. The van der Waals surface area contributed by atoms with Crippen molar-refractivity contribution in [1.29, 1.82) is 0 Å². The molecule has 0 spiro atoms. The molecule has 4 heteroatoms. The number of nitrogens with zero attached hydrogens (tertiary/aromatic N) is 1. The van der Waals surface area contributed by atoms with Crippen LogP contribution in [0.1, 0.15) is 24.4 Å². The summed E-state index contributed by atoms with van der Waals surface area (Å²) in [6.07, 6.45) is 1.58. The van der Waals surface area contributed by atoms with E-state index in [2.05, 4.69) is 4.90 Å². The van der Waals surface area contributed by atoms with Crippen molar-refractivity contribution >= 4 is 0 Å². The molecule has 18 heavy (non-hydrogen) atoms. The van der Waals surface area contributed by atoms with Crippen LogP contribution in [0.5, 0.6) is 11.5 Å². The summed E-state index contributed by atoms with van der Waals surface area (Å²) in [5.41, 5.74) is 1.07. The summed E-state index contributed by atoms with van der Waals surface area (Å²) < 4.78 is 10.5. The number of benzene rings is 1. The van der Waals surface area contributed by atoms with E-state index in [4.69, 9.17) is 9.47 Å². The number of likely N-dealkylation sites (N-methyl/N-ethyl adjacent to an activating group) is 1. The summed E-state index contributed by atoms with van der Waals surface area (Å²) in [5.74, 6) is 1.43. The van der Waals surface area contributed by atoms with Crippen molar-refractivity contribution < 1.29 is 14.6 Å². The van der Waals surface area contributed by atoms with Crippen LogP contribution in [0.25, 0.3) is 0 Å². The Labute approximate surface area is 108 Å². The third kappa shape index (κ3) is 2.44. The normalized spacial score (nSPS) is 24.9. The van der Waals surface area contributed by atoms with Crippen LogP contribution in [0, 0.1) is 0 Å². The van der Waals surface area contributed by atoms with E-state index in [9.17, 15) is 5.11 Å². The lowest BCUT2D eigenvalue weighted by Crippen LogP contribution is -2.39. The maximum absolute atomic E-state index is 10.2. The van der Waals surface area contributed by atoms with Crippen molar-refractivity contribution in [3.05, 3.63) is 23.8 Å². The van der Waals surface area contributed by atoms with Crippen LogP contribution in [0.4, 0.5) is 0 Å². The molecule has 1 heterocycles. The Hall–Kier alpha value is -1.26. The highest BCUT2D eigenvalue weighted by atomic mass is 16.5. The van der Waals surface area contributed by atoms with Gasteiger partial charge in [-0.15, -0.1) is 0 Å². The summed E-state index contributed by atoms with van der Waals surface area (Å²) >= 11 is 0. The Morgan fingerprint density at radius 1 is 1.22 bits per heavy atom. The lowest BCUT2D eigenvalue weighted by molar-refractivity contribution is 0.0240. The standard InChI is InChI=1S/C14H21NO3/c1-15-8-4-5-11(16)14(15)10-6-7-12(17-2)13(9-10)18-3/h6-7,9,11,14,16H,4-5,8H2,1-3H3/t11-,14-/m1/s1. The Bertz CT molecular complexity index is 398. The molecule has 0 bridgehead atoms. The molecule has 2 rings (SSSR count). The van der Waals surface area contributed by atoms with Crippen molar-refractivity contribution in [3.63, 3.8) is 0 Å². The van der Waals surface area contributed by atoms with E-state index < -0.39 is 0 Å². The quantitative estimate of drug-likeness (QED) is 0.890. The number of hydrogen-bond acceptors (Lipinski definition) is 4. The molecule has 0 amide bonds. The molecule has 2 atom stereocenters. The molecule has 0 aromatic heterocycles. The number of aliphatic hydroxyl groups is 1. The van der Waals surface area contributed by atoms with Crippen molar-refractivity contribution in [2.24, 2.45) is 0 Å². The summed E-state index contributed by atoms with van der Waals surface area (Å²) in [6.45, 7) is 1.01. The number of rotatable bonds is 3. The summed E-state index contributed by atoms with van der Waals surface area (Å²) in [4.78, 5) is 2.19. The third-order valence-electron chi connectivity index (χ3n) is 3.60. The zero-order valence-electron chi connectivity index (χ0n) is 11.2. The monoisotopic (exact) mass is 251 g/mol. The first kappa shape index (κ1) is 13.2. The van der Waals surface area contributed by atoms with Gasteiger partial charge in [-0.25, -0.2) is 0 Å². The van der Waals surface area contributed by atoms with Crippen LogP contribution in [0.2, 0.25) is 0 Å². The maximum atomic E-state index is 10.2. The third-order valence-corrected chi connectivity index (χ3v) is 3.60. The Balaban J connectivity index is 2.32. The SMILES string of the molecule is COc1ccc([C@@H]2[C@H](O)CCCN2C)cc1OC. The van der Waals surface area contributed by atoms with Crippen LogP contribution in [-0.4, -0.2) is 43.9 Å². The highest BCUT2D eigenvalue weighted by molar-refractivity contribution is 5.44. The second kappa shape index (κ2) is 5.59. The molecule has 1 saturated heterocycles. The predicted octanol–water partition coefficient (Wildman–Crippen LogP) is 1.83. The highest BCUT2D eigenvalue weighted by Gasteiger charge is 2.29. The van der Waals surface area contributed by atoms with Gasteiger partial charge < -0.3 is 14.6 Å². The van der Waals surface area contributed by atoms with Crippen LogP contribution in [-0.2, 0) is 0 Å². The average molecular weight is 251 g/mol. The molecule has 0 saturated carbocycles. The molecule has 0 unspecified atom stereocenters. The van der Waals surface area contributed by atoms with Crippen LogP contribution in [0.3, 0.4) is 0 Å². The maximum Gasteiger partial charge on any atom is 0.161 e. The van der Waals surface area contributed by atoms with Crippen LogP contribution < -0.4 is 9.47 Å². The Morgan fingerprint density at radius 3 is 2.56 bits per heavy atom. The molecular formula is C14H21NO3. The van der Waals surface area contributed by atoms with Gasteiger partial charge in [0.1, 0.15) is 0 Å². The number of likely N-dealkylation sites (tertiary alicyclic amines) is 1. The molecule has 1 aromatic carbocycles. The van der Waals surface area contributed by atoms with E-state index in [0.29, 0.717) is 11.5 Å². The molecule has 1 fully saturated rings. The fraction of sp³-hybridized carbons (Fsp3) is 0.571. The summed E-state index contributed by atoms with van der Waals surface area (Å²) in [6, 6.07) is 5.88. The predicted molar refractivity (Wildman–Crippen MR) is 70.2 cm³/mol. The van der Waals surface area contributed by atoms with E-state index in [0.717, 1.165) is 24.9 Å². The fourth-order valence-corrected chi connectivity index (χ4v) is 2.65. The van der Waals surface area contributed by atoms with Crippen molar-refractivity contribution in [1.82, 2.24) is 4.90 Å². The first-order valence-corrected chi connectivity index (χ1v) is 6.27. The number of piperidine rings is 1. The highest BCUT2D eigenvalue weighted by Crippen LogP contribution is 2.35. The zero-order valence-corrected chi connectivity index (χ0v) is 11.2. The van der Waals surface area contributed by atoms with Gasteiger partial charge in [-0.05, 0) is 44.1 Å². The Kier molecular flexibility index (Phi) is 4.09. The second-order valence-corrected chi connectivity index (χ2v) is 4.75. The van der Waals surface area contributed by atoms with E-state index >= 15 is 0 Å². The van der Waals surface area contributed by atoms with Gasteiger partial charge in [0.05, 0.1) is 26.4 Å². The molecule has 1 aromatic rings. The summed E-state index contributed by atoms with van der Waals surface area (Å²) in [5, 5.41) is 10.2. The molecule has 1 aliphatic rings. The first-order chi connectivity index (χ1) is 8.67. The molecule has 1 N–H and O–H groups in total. The largest absolute Gasteiger partial charge is 0.493 e. The van der Waals surface area contributed by atoms with Gasteiger partial charge in [-0.3, -0.25) is 4.90 Å². The molecular weight excluding hydrogens is 230 g/mol. The van der Waals surface area contributed by atoms with Gasteiger partial charge >= 0.3 is 0 Å². The molecule has 100 valence electrons. The van der Waals surface area contributed by atoms with E-state index in [-0.39, 0.29) is 12.1 Å². The lowest BCUT2D eigenvalue weighted by atomic mass is 9.93. The number of methoxy groups -OCH3 is 2. The minimum Gasteiger partial charge on any atom is -0.493 e. The van der Waals surface area contributed by atoms with Gasteiger partial charge in [0.2, 0.25) is 0 Å². The topological polar surface area (TPSA) is 41.9 Å². The van der Waals surface area contributed by atoms with E-state index in [1.165, 1.54) is 0 Å². The van der Waals surface area contributed by atoms with Crippen LogP contribution >= 0.6 is 0 Å². The molecule has 0 aliphatic carbocycles.